The molecule has 0 aliphatic carbocycles. The number of imidazole rings is 1. The Bertz CT molecular complexity index is 577. The zero-order valence-electron chi connectivity index (χ0n) is 11.3. The van der Waals surface area contributed by atoms with Gasteiger partial charge < -0.3 is 5.11 Å². The molecule has 0 amide bonds. The lowest BCUT2D eigenvalue weighted by molar-refractivity contribution is -0.138. The Morgan fingerprint density at radius 2 is 2.35 bits per heavy atom. The summed E-state index contributed by atoms with van der Waals surface area (Å²) in [5.74, 6) is -0.0344. The van der Waals surface area contributed by atoms with Crippen LogP contribution in [-0.2, 0) is 11.3 Å². The Balaban J connectivity index is 1.75. The van der Waals surface area contributed by atoms with Crippen LogP contribution in [0.1, 0.15) is 31.4 Å². The number of rotatable bonds is 4. The Morgan fingerprint density at radius 1 is 1.45 bits per heavy atom. The summed E-state index contributed by atoms with van der Waals surface area (Å²) < 4.78 is 1.89. The van der Waals surface area contributed by atoms with Crippen molar-refractivity contribution in [3.8, 4) is 0 Å². The summed E-state index contributed by atoms with van der Waals surface area (Å²) in [6.07, 6.45) is 9.02. The number of fused-ring (bicyclic) bond motifs is 1. The van der Waals surface area contributed by atoms with E-state index in [2.05, 4.69) is 14.9 Å². The molecule has 20 heavy (non-hydrogen) atoms. The molecule has 106 valence electrons. The molecule has 1 aliphatic heterocycles. The molecule has 0 bridgehead atoms. The average Bonchev–Trinajstić information content (AvgIpc) is 2.82. The lowest BCUT2D eigenvalue weighted by Crippen LogP contribution is -2.40. The van der Waals surface area contributed by atoms with Crippen molar-refractivity contribution in [1.29, 1.82) is 0 Å². The highest BCUT2D eigenvalue weighted by atomic mass is 16.4. The fourth-order valence-corrected chi connectivity index (χ4v) is 2.86. The van der Waals surface area contributed by atoms with Crippen molar-refractivity contribution in [1.82, 2.24) is 19.3 Å². The Kier molecular flexibility index (Phi) is 3.64. The van der Waals surface area contributed by atoms with Crippen LogP contribution in [0.5, 0.6) is 0 Å². The van der Waals surface area contributed by atoms with Gasteiger partial charge in [-0.15, -0.1) is 0 Å². The molecule has 1 aliphatic rings. The zero-order valence-corrected chi connectivity index (χ0v) is 11.3. The lowest BCUT2D eigenvalue weighted by Gasteiger charge is -2.34. The molecule has 1 N–H and O–H groups in total. The maximum atomic E-state index is 10.9. The second kappa shape index (κ2) is 5.58. The first-order chi connectivity index (χ1) is 9.72. The van der Waals surface area contributed by atoms with E-state index in [0.29, 0.717) is 12.3 Å². The molecule has 2 aromatic rings. The maximum Gasteiger partial charge on any atom is 0.304 e. The molecule has 6 heteroatoms. The number of aromatic nitrogens is 3. The summed E-state index contributed by atoms with van der Waals surface area (Å²) in [5.41, 5.74) is 0.945. The third kappa shape index (κ3) is 2.80. The highest BCUT2D eigenvalue weighted by molar-refractivity contribution is 5.67. The van der Waals surface area contributed by atoms with Gasteiger partial charge in [0.05, 0.1) is 12.1 Å². The Labute approximate surface area is 117 Å². The van der Waals surface area contributed by atoms with Crippen molar-refractivity contribution in [2.75, 3.05) is 6.54 Å². The molecule has 2 aromatic heterocycles. The minimum Gasteiger partial charge on any atom is -0.481 e. The van der Waals surface area contributed by atoms with Gasteiger partial charge in [-0.2, -0.15) is 0 Å². The molecular formula is C14H18N4O2. The van der Waals surface area contributed by atoms with Crippen LogP contribution in [0.3, 0.4) is 0 Å². The minimum atomic E-state index is -0.724. The van der Waals surface area contributed by atoms with Gasteiger partial charge in [0, 0.05) is 31.2 Å². The number of hydrogen-bond acceptors (Lipinski definition) is 4. The summed E-state index contributed by atoms with van der Waals surface area (Å²) in [5, 5.41) is 9.01. The molecule has 0 aromatic carbocycles. The first-order valence-corrected chi connectivity index (χ1v) is 6.97. The topological polar surface area (TPSA) is 70.7 Å². The van der Waals surface area contributed by atoms with Crippen LogP contribution in [0.4, 0.5) is 0 Å². The predicted molar refractivity (Wildman–Crippen MR) is 73.3 cm³/mol. The molecule has 1 atom stereocenters. The number of likely N-dealkylation sites (tertiary alicyclic amines) is 1. The van der Waals surface area contributed by atoms with Gasteiger partial charge in [0.15, 0.2) is 0 Å². The van der Waals surface area contributed by atoms with E-state index in [1.165, 1.54) is 0 Å². The number of hydrogen-bond donors (Lipinski definition) is 1. The molecule has 3 rings (SSSR count). The van der Waals surface area contributed by atoms with Gasteiger partial charge in [0.1, 0.15) is 0 Å². The van der Waals surface area contributed by atoms with E-state index in [1.54, 1.807) is 6.20 Å². The van der Waals surface area contributed by atoms with E-state index >= 15 is 0 Å². The monoisotopic (exact) mass is 274 g/mol. The van der Waals surface area contributed by atoms with E-state index in [9.17, 15) is 4.79 Å². The highest BCUT2D eigenvalue weighted by Gasteiger charge is 2.25. The van der Waals surface area contributed by atoms with Gasteiger partial charge in [0.2, 0.25) is 5.78 Å². The van der Waals surface area contributed by atoms with E-state index in [-0.39, 0.29) is 12.5 Å². The number of carboxylic acids is 1. The van der Waals surface area contributed by atoms with Gasteiger partial charge >= 0.3 is 5.97 Å². The first kappa shape index (κ1) is 13.1. The van der Waals surface area contributed by atoms with E-state index in [0.717, 1.165) is 31.5 Å². The van der Waals surface area contributed by atoms with Crippen LogP contribution in [-0.4, -0.2) is 42.9 Å². The fourth-order valence-electron chi connectivity index (χ4n) is 2.86. The number of piperidine rings is 1. The quantitative estimate of drug-likeness (QED) is 0.916. The maximum absolute atomic E-state index is 10.9. The minimum absolute atomic E-state index is 0.124. The van der Waals surface area contributed by atoms with E-state index in [4.69, 9.17) is 5.11 Å². The molecule has 0 saturated carbocycles. The number of aliphatic carboxylic acids is 1. The summed E-state index contributed by atoms with van der Waals surface area (Å²) in [7, 11) is 0. The predicted octanol–water partition coefficient (Wildman–Crippen LogP) is 1.56. The smallest absolute Gasteiger partial charge is 0.304 e. The first-order valence-electron chi connectivity index (χ1n) is 6.97. The second-order valence-electron chi connectivity index (χ2n) is 5.28. The number of carbonyl (C=O) groups is 1. The fraction of sp³-hybridized carbons (Fsp3) is 0.500. The highest BCUT2D eigenvalue weighted by Crippen LogP contribution is 2.21. The van der Waals surface area contributed by atoms with Crippen molar-refractivity contribution >= 4 is 11.7 Å². The molecule has 0 radical (unpaired) electrons. The standard InChI is InChI=1S/C14H18N4O2/c19-13(20)8-12-4-1-2-6-17(12)9-11-10-18-7-3-5-15-14(18)16-11/h3,5,7,10,12H,1-2,4,6,8-9H2,(H,19,20). The molecule has 6 nitrogen and oxygen atoms in total. The summed E-state index contributed by atoms with van der Waals surface area (Å²) in [6.45, 7) is 1.64. The molecule has 1 fully saturated rings. The molecule has 1 saturated heterocycles. The summed E-state index contributed by atoms with van der Waals surface area (Å²) in [4.78, 5) is 21.9. The second-order valence-corrected chi connectivity index (χ2v) is 5.28. The normalized spacial score (nSPS) is 20.3. The van der Waals surface area contributed by atoms with Gasteiger partial charge in [-0.05, 0) is 25.5 Å². The lowest BCUT2D eigenvalue weighted by atomic mass is 9.99. The average molecular weight is 274 g/mol. The van der Waals surface area contributed by atoms with Gasteiger partial charge in [-0.1, -0.05) is 6.42 Å². The van der Waals surface area contributed by atoms with Crippen molar-refractivity contribution in [2.24, 2.45) is 0 Å². The molecule has 1 unspecified atom stereocenters. The third-order valence-corrected chi connectivity index (χ3v) is 3.81. The molecule has 3 heterocycles. The number of nitrogens with zero attached hydrogens (tertiary/aromatic N) is 4. The van der Waals surface area contributed by atoms with Gasteiger partial charge in [0.25, 0.3) is 0 Å². The zero-order chi connectivity index (χ0) is 13.9. The van der Waals surface area contributed by atoms with E-state index in [1.807, 2.05) is 22.9 Å². The van der Waals surface area contributed by atoms with Crippen molar-refractivity contribution in [3.63, 3.8) is 0 Å². The van der Waals surface area contributed by atoms with Crippen molar-refractivity contribution < 1.29 is 9.90 Å². The van der Waals surface area contributed by atoms with Crippen molar-refractivity contribution in [3.05, 3.63) is 30.4 Å². The van der Waals surface area contributed by atoms with Crippen LogP contribution in [0.15, 0.2) is 24.7 Å². The van der Waals surface area contributed by atoms with Gasteiger partial charge in [-0.25, -0.2) is 9.97 Å². The molecular weight excluding hydrogens is 256 g/mol. The van der Waals surface area contributed by atoms with E-state index < -0.39 is 5.97 Å². The largest absolute Gasteiger partial charge is 0.481 e. The summed E-state index contributed by atoms with van der Waals surface area (Å²) >= 11 is 0. The van der Waals surface area contributed by atoms with Crippen LogP contribution in [0, 0.1) is 0 Å². The van der Waals surface area contributed by atoms with Crippen LogP contribution in [0.25, 0.3) is 5.78 Å². The van der Waals surface area contributed by atoms with Crippen LogP contribution in [0.2, 0.25) is 0 Å². The number of carboxylic acid groups (broad SMARTS) is 1. The molecule has 0 spiro atoms. The van der Waals surface area contributed by atoms with Crippen molar-refractivity contribution in [2.45, 2.75) is 38.3 Å². The third-order valence-electron chi connectivity index (χ3n) is 3.81. The Hall–Kier alpha value is -1.95. The summed E-state index contributed by atoms with van der Waals surface area (Å²) in [6, 6.07) is 1.99. The Morgan fingerprint density at radius 3 is 3.15 bits per heavy atom. The van der Waals surface area contributed by atoms with Crippen LogP contribution < -0.4 is 0 Å². The van der Waals surface area contributed by atoms with Gasteiger partial charge in [-0.3, -0.25) is 14.1 Å². The SMILES string of the molecule is O=C(O)CC1CCCCN1Cc1cn2cccnc2n1. The van der Waals surface area contributed by atoms with Crippen LogP contribution >= 0.6 is 0 Å².